The monoisotopic (exact) mass is 492 g/mol. The minimum atomic E-state index is -0.440. The second kappa shape index (κ2) is 10.7. The summed E-state index contributed by atoms with van der Waals surface area (Å²) in [4.78, 5) is 23.7. The molecule has 184 valence electrons. The molecule has 0 unspecified atom stereocenters. The maximum absolute atomic E-state index is 13.0. The van der Waals surface area contributed by atoms with Gasteiger partial charge in [-0.1, -0.05) is 42.5 Å². The molecule has 0 saturated carbocycles. The fourth-order valence-corrected chi connectivity index (χ4v) is 4.12. The predicted octanol–water partition coefficient (Wildman–Crippen LogP) is 4.55. The van der Waals surface area contributed by atoms with E-state index in [1.54, 1.807) is 23.0 Å². The number of hydrogen-bond donors (Lipinski definition) is 1. The van der Waals surface area contributed by atoms with Crippen molar-refractivity contribution < 1.29 is 9.72 Å². The van der Waals surface area contributed by atoms with Crippen LogP contribution in [0.5, 0.6) is 0 Å². The molecule has 0 bridgehead atoms. The molecule has 1 N–H and O–H groups in total. The van der Waals surface area contributed by atoms with Gasteiger partial charge in [0.25, 0.3) is 5.69 Å². The fourth-order valence-electron chi connectivity index (χ4n) is 4.12. The normalized spacial score (nSPS) is 10.8. The highest BCUT2D eigenvalue weighted by atomic mass is 16.6. The van der Waals surface area contributed by atoms with Crippen molar-refractivity contribution in [3.05, 3.63) is 130 Å². The van der Waals surface area contributed by atoms with Gasteiger partial charge in [-0.3, -0.25) is 19.6 Å². The lowest BCUT2D eigenvalue weighted by molar-refractivity contribution is -0.384. The number of rotatable bonds is 9. The van der Waals surface area contributed by atoms with Gasteiger partial charge in [-0.2, -0.15) is 10.2 Å². The van der Waals surface area contributed by atoms with Crippen molar-refractivity contribution in [1.82, 2.24) is 24.9 Å². The molecule has 3 aromatic carbocycles. The number of benzene rings is 3. The van der Waals surface area contributed by atoms with Crippen LogP contribution in [-0.2, 0) is 24.3 Å². The Morgan fingerprint density at radius 1 is 0.892 bits per heavy atom. The van der Waals surface area contributed by atoms with Gasteiger partial charge in [0.05, 0.1) is 29.3 Å². The number of nitrogens with one attached hydrogen (secondary N) is 1. The molecule has 0 saturated heterocycles. The molecule has 2 heterocycles. The van der Waals surface area contributed by atoms with Crippen molar-refractivity contribution in [2.24, 2.45) is 0 Å². The Balaban J connectivity index is 1.36. The quantitative estimate of drug-likeness (QED) is 0.240. The van der Waals surface area contributed by atoms with E-state index in [9.17, 15) is 14.9 Å². The number of hydrogen-bond acceptors (Lipinski definition) is 5. The molecule has 2 aromatic heterocycles. The Kier molecular flexibility index (Phi) is 6.84. The third-order valence-electron chi connectivity index (χ3n) is 6.00. The number of para-hydroxylation sites is 1. The molecule has 5 aromatic rings. The number of nitro groups is 1. The van der Waals surface area contributed by atoms with E-state index in [0.717, 1.165) is 22.4 Å². The molecule has 1 amide bonds. The SMILES string of the molecule is O=C(Cc1cn(-c2ccccc2)nc1-c1ccc([N+](=O)[O-])cc1)NCc1ccccc1Cn1cccn1. The van der Waals surface area contributed by atoms with Crippen LogP contribution in [0, 0.1) is 10.1 Å². The molecule has 0 aliphatic rings. The van der Waals surface area contributed by atoms with Gasteiger partial charge < -0.3 is 5.32 Å². The van der Waals surface area contributed by atoms with Crippen LogP contribution >= 0.6 is 0 Å². The van der Waals surface area contributed by atoms with E-state index in [4.69, 9.17) is 5.10 Å². The average Bonchev–Trinajstić information content (AvgIpc) is 3.59. The van der Waals surface area contributed by atoms with E-state index in [1.807, 2.05) is 77.7 Å². The largest absolute Gasteiger partial charge is 0.352 e. The molecule has 0 aliphatic heterocycles. The predicted molar refractivity (Wildman–Crippen MR) is 139 cm³/mol. The van der Waals surface area contributed by atoms with E-state index in [2.05, 4.69) is 10.4 Å². The Morgan fingerprint density at radius 3 is 2.32 bits per heavy atom. The van der Waals surface area contributed by atoms with Crippen molar-refractivity contribution in [3.8, 4) is 16.9 Å². The Labute approximate surface area is 213 Å². The van der Waals surface area contributed by atoms with E-state index < -0.39 is 4.92 Å². The van der Waals surface area contributed by atoms with Crippen LogP contribution in [0.1, 0.15) is 16.7 Å². The molecule has 5 rings (SSSR count). The Morgan fingerprint density at radius 2 is 1.62 bits per heavy atom. The summed E-state index contributed by atoms with van der Waals surface area (Å²) in [6.07, 6.45) is 5.58. The van der Waals surface area contributed by atoms with Gasteiger partial charge in [0, 0.05) is 48.4 Å². The molecule has 9 nitrogen and oxygen atoms in total. The molecule has 37 heavy (non-hydrogen) atoms. The Hall–Kier alpha value is -5.05. The molecular weight excluding hydrogens is 468 g/mol. The molecule has 0 atom stereocenters. The zero-order chi connectivity index (χ0) is 25.6. The first-order valence-electron chi connectivity index (χ1n) is 11.8. The third kappa shape index (κ3) is 5.62. The number of nitrogens with zero attached hydrogens (tertiary/aromatic N) is 5. The van der Waals surface area contributed by atoms with Crippen LogP contribution in [0.15, 0.2) is 104 Å². The van der Waals surface area contributed by atoms with Gasteiger partial charge in [-0.05, 0) is 41.5 Å². The molecule has 0 fully saturated rings. The summed E-state index contributed by atoms with van der Waals surface area (Å²) in [5.74, 6) is -0.148. The first kappa shape index (κ1) is 23.7. The van der Waals surface area contributed by atoms with Crippen LogP contribution in [-0.4, -0.2) is 30.4 Å². The zero-order valence-corrected chi connectivity index (χ0v) is 19.9. The maximum atomic E-state index is 13.0. The van der Waals surface area contributed by atoms with Crippen molar-refractivity contribution in [1.29, 1.82) is 0 Å². The molecule has 9 heteroatoms. The lowest BCUT2D eigenvalue weighted by atomic mass is 10.0. The van der Waals surface area contributed by atoms with Crippen molar-refractivity contribution >= 4 is 11.6 Å². The average molecular weight is 493 g/mol. The minimum absolute atomic E-state index is 0.000637. The Bertz CT molecular complexity index is 1510. The highest BCUT2D eigenvalue weighted by Gasteiger charge is 2.17. The van der Waals surface area contributed by atoms with Crippen LogP contribution in [0.2, 0.25) is 0 Å². The minimum Gasteiger partial charge on any atom is -0.352 e. The van der Waals surface area contributed by atoms with Crippen LogP contribution in [0.3, 0.4) is 0 Å². The lowest BCUT2D eigenvalue weighted by Gasteiger charge is -2.11. The lowest BCUT2D eigenvalue weighted by Crippen LogP contribution is -2.25. The van der Waals surface area contributed by atoms with Crippen LogP contribution in [0.25, 0.3) is 16.9 Å². The number of carbonyl (C=O) groups is 1. The van der Waals surface area contributed by atoms with Gasteiger partial charge in [0.2, 0.25) is 5.91 Å². The molecule has 0 radical (unpaired) electrons. The number of non-ortho nitro benzene ring substituents is 1. The first-order chi connectivity index (χ1) is 18.1. The fraction of sp³-hybridized carbons (Fsp3) is 0.107. The van der Waals surface area contributed by atoms with Crippen LogP contribution in [0.4, 0.5) is 5.69 Å². The van der Waals surface area contributed by atoms with E-state index >= 15 is 0 Å². The van der Waals surface area contributed by atoms with Crippen molar-refractivity contribution in [3.63, 3.8) is 0 Å². The zero-order valence-electron chi connectivity index (χ0n) is 19.9. The number of nitro benzene ring substituents is 1. The van der Waals surface area contributed by atoms with E-state index in [0.29, 0.717) is 24.3 Å². The molecule has 0 aliphatic carbocycles. The summed E-state index contributed by atoms with van der Waals surface area (Å²) in [5, 5.41) is 23.1. The standard InChI is InChI=1S/C28H24N6O3/c35-27(29-18-22-7-4-5-8-23(22)19-32-16-6-15-30-32)17-24-20-33(25-9-2-1-3-10-25)31-28(24)21-11-13-26(14-12-21)34(36)37/h1-16,20H,17-19H2,(H,29,35). The topological polar surface area (TPSA) is 108 Å². The second-order valence-electron chi connectivity index (χ2n) is 8.51. The van der Waals surface area contributed by atoms with Gasteiger partial charge >= 0.3 is 0 Å². The van der Waals surface area contributed by atoms with Gasteiger partial charge in [0.15, 0.2) is 0 Å². The summed E-state index contributed by atoms with van der Waals surface area (Å²) in [7, 11) is 0. The van der Waals surface area contributed by atoms with Gasteiger partial charge in [0.1, 0.15) is 0 Å². The van der Waals surface area contributed by atoms with E-state index in [1.165, 1.54) is 12.1 Å². The molecular formula is C28H24N6O3. The summed E-state index contributed by atoms with van der Waals surface area (Å²) >= 11 is 0. The highest BCUT2D eigenvalue weighted by Crippen LogP contribution is 2.26. The van der Waals surface area contributed by atoms with Crippen LogP contribution < -0.4 is 5.32 Å². The number of amides is 1. The van der Waals surface area contributed by atoms with Crippen molar-refractivity contribution in [2.75, 3.05) is 0 Å². The summed E-state index contributed by atoms with van der Waals surface area (Å²) < 4.78 is 3.56. The number of aromatic nitrogens is 4. The summed E-state index contributed by atoms with van der Waals surface area (Å²) in [5.41, 5.74) is 4.97. The number of carbonyl (C=O) groups excluding carboxylic acids is 1. The summed E-state index contributed by atoms with van der Waals surface area (Å²) in [6.45, 7) is 1.00. The highest BCUT2D eigenvalue weighted by molar-refractivity contribution is 5.81. The smallest absolute Gasteiger partial charge is 0.269 e. The molecule has 0 spiro atoms. The first-order valence-corrected chi connectivity index (χ1v) is 11.8. The summed E-state index contributed by atoms with van der Waals surface area (Å²) in [6, 6.07) is 25.6. The maximum Gasteiger partial charge on any atom is 0.269 e. The van der Waals surface area contributed by atoms with Gasteiger partial charge in [-0.25, -0.2) is 4.68 Å². The van der Waals surface area contributed by atoms with Crippen molar-refractivity contribution in [2.45, 2.75) is 19.5 Å². The third-order valence-corrected chi connectivity index (χ3v) is 6.00. The second-order valence-corrected chi connectivity index (χ2v) is 8.51. The van der Waals surface area contributed by atoms with Gasteiger partial charge in [-0.15, -0.1) is 0 Å². The van der Waals surface area contributed by atoms with E-state index in [-0.39, 0.29) is 18.0 Å².